The Balaban J connectivity index is 2.06. The summed E-state index contributed by atoms with van der Waals surface area (Å²) in [4.78, 5) is 7.07. The summed E-state index contributed by atoms with van der Waals surface area (Å²) in [6.07, 6.45) is 1.68. The summed E-state index contributed by atoms with van der Waals surface area (Å²) in [5, 5.41) is 6.79. The van der Waals surface area contributed by atoms with E-state index in [1.807, 2.05) is 12.1 Å². The lowest BCUT2D eigenvalue weighted by Gasteiger charge is -2.30. The second-order valence-electron chi connectivity index (χ2n) is 5.80. The quantitative estimate of drug-likeness (QED) is 0.542. The fourth-order valence-corrected chi connectivity index (χ4v) is 2.89. The van der Waals surface area contributed by atoms with E-state index in [1.165, 1.54) is 5.56 Å². The molecule has 5 heteroatoms. The third-order valence-corrected chi connectivity index (χ3v) is 4.22. The SMILES string of the molecule is CCNC(=NCc1ccco1)NCC(c1ccccc1)N(CC)CC. The lowest BCUT2D eigenvalue weighted by atomic mass is 10.1. The molecule has 1 aromatic carbocycles. The van der Waals surface area contributed by atoms with E-state index in [0.29, 0.717) is 12.6 Å². The molecule has 25 heavy (non-hydrogen) atoms. The number of guanidine groups is 1. The van der Waals surface area contributed by atoms with Crippen LogP contribution in [-0.2, 0) is 6.54 Å². The van der Waals surface area contributed by atoms with E-state index in [-0.39, 0.29) is 0 Å². The van der Waals surface area contributed by atoms with Gasteiger partial charge in [0.15, 0.2) is 5.96 Å². The molecule has 1 heterocycles. The van der Waals surface area contributed by atoms with Crippen LogP contribution >= 0.6 is 0 Å². The Morgan fingerprint density at radius 3 is 2.40 bits per heavy atom. The lowest BCUT2D eigenvalue weighted by molar-refractivity contribution is 0.219. The summed E-state index contributed by atoms with van der Waals surface area (Å²) < 4.78 is 5.36. The minimum absolute atomic E-state index is 0.309. The van der Waals surface area contributed by atoms with Crippen molar-refractivity contribution in [1.82, 2.24) is 15.5 Å². The maximum atomic E-state index is 5.36. The first-order valence-electron chi connectivity index (χ1n) is 9.12. The fraction of sp³-hybridized carbons (Fsp3) is 0.450. The molecule has 2 rings (SSSR count). The first kappa shape index (κ1) is 19.1. The summed E-state index contributed by atoms with van der Waals surface area (Å²) in [6, 6.07) is 14.8. The van der Waals surface area contributed by atoms with Crippen molar-refractivity contribution >= 4 is 5.96 Å². The van der Waals surface area contributed by atoms with Gasteiger partial charge < -0.3 is 15.1 Å². The number of furan rings is 1. The molecule has 1 atom stereocenters. The Hall–Kier alpha value is -2.27. The number of likely N-dealkylation sites (N-methyl/N-ethyl adjacent to an activating group) is 1. The van der Waals surface area contributed by atoms with E-state index in [0.717, 1.165) is 37.9 Å². The highest BCUT2D eigenvalue weighted by Crippen LogP contribution is 2.19. The van der Waals surface area contributed by atoms with Crippen LogP contribution < -0.4 is 10.6 Å². The average Bonchev–Trinajstić information content (AvgIpc) is 3.17. The summed E-state index contributed by atoms with van der Waals surface area (Å²) in [6.45, 7) is 10.7. The number of aliphatic imine (C=N–C) groups is 1. The van der Waals surface area contributed by atoms with Crippen molar-refractivity contribution in [3.63, 3.8) is 0 Å². The Labute approximate surface area is 151 Å². The lowest BCUT2D eigenvalue weighted by Crippen LogP contribution is -2.43. The maximum Gasteiger partial charge on any atom is 0.191 e. The van der Waals surface area contributed by atoms with Crippen LogP contribution in [0.5, 0.6) is 0 Å². The number of rotatable bonds is 9. The Kier molecular flexibility index (Phi) is 8.05. The Morgan fingerprint density at radius 2 is 1.80 bits per heavy atom. The second kappa shape index (κ2) is 10.6. The summed E-state index contributed by atoms with van der Waals surface area (Å²) >= 11 is 0. The molecule has 0 radical (unpaired) electrons. The Morgan fingerprint density at radius 1 is 1.04 bits per heavy atom. The van der Waals surface area contributed by atoms with E-state index >= 15 is 0 Å². The van der Waals surface area contributed by atoms with Crippen molar-refractivity contribution in [2.24, 2.45) is 4.99 Å². The van der Waals surface area contributed by atoms with Crippen molar-refractivity contribution in [2.75, 3.05) is 26.2 Å². The molecule has 2 N–H and O–H groups in total. The van der Waals surface area contributed by atoms with Gasteiger partial charge in [-0.25, -0.2) is 4.99 Å². The third-order valence-electron chi connectivity index (χ3n) is 4.22. The molecule has 0 aliphatic carbocycles. The van der Waals surface area contributed by atoms with E-state index in [9.17, 15) is 0 Å². The molecular weight excluding hydrogens is 312 g/mol. The Bertz CT molecular complexity index is 606. The predicted molar refractivity (Wildman–Crippen MR) is 104 cm³/mol. The molecule has 1 aromatic heterocycles. The van der Waals surface area contributed by atoms with Crippen molar-refractivity contribution in [3.05, 3.63) is 60.1 Å². The van der Waals surface area contributed by atoms with Crippen molar-refractivity contribution in [1.29, 1.82) is 0 Å². The number of benzene rings is 1. The van der Waals surface area contributed by atoms with E-state index < -0.39 is 0 Å². The zero-order valence-electron chi connectivity index (χ0n) is 15.5. The molecule has 0 bridgehead atoms. The van der Waals surface area contributed by atoms with Gasteiger partial charge in [-0.2, -0.15) is 0 Å². The largest absolute Gasteiger partial charge is 0.467 e. The molecule has 2 aromatic rings. The number of hydrogen-bond acceptors (Lipinski definition) is 3. The molecule has 0 aliphatic heterocycles. The van der Waals surface area contributed by atoms with Gasteiger partial charge in [-0.05, 0) is 37.7 Å². The first-order valence-corrected chi connectivity index (χ1v) is 9.12. The smallest absolute Gasteiger partial charge is 0.191 e. The van der Waals surface area contributed by atoms with Crippen LogP contribution in [0, 0.1) is 0 Å². The van der Waals surface area contributed by atoms with Crippen LogP contribution in [0.25, 0.3) is 0 Å². The van der Waals surface area contributed by atoms with Crippen molar-refractivity contribution in [2.45, 2.75) is 33.4 Å². The normalized spacial score (nSPS) is 13.0. The molecule has 5 nitrogen and oxygen atoms in total. The van der Waals surface area contributed by atoms with Gasteiger partial charge in [-0.1, -0.05) is 44.2 Å². The molecule has 0 saturated heterocycles. The van der Waals surface area contributed by atoms with Gasteiger partial charge in [-0.15, -0.1) is 0 Å². The fourth-order valence-electron chi connectivity index (χ4n) is 2.89. The van der Waals surface area contributed by atoms with Crippen LogP contribution in [0.1, 0.15) is 38.1 Å². The monoisotopic (exact) mass is 342 g/mol. The van der Waals surface area contributed by atoms with Gasteiger partial charge in [0, 0.05) is 13.1 Å². The minimum Gasteiger partial charge on any atom is -0.467 e. The zero-order valence-corrected chi connectivity index (χ0v) is 15.5. The van der Waals surface area contributed by atoms with E-state index in [1.54, 1.807) is 6.26 Å². The highest BCUT2D eigenvalue weighted by molar-refractivity contribution is 5.79. The zero-order chi connectivity index (χ0) is 17.9. The first-order chi connectivity index (χ1) is 12.3. The predicted octanol–water partition coefficient (Wildman–Crippen LogP) is 3.42. The number of nitrogens with zero attached hydrogens (tertiary/aromatic N) is 2. The third kappa shape index (κ3) is 5.94. The highest BCUT2D eigenvalue weighted by atomic mass is 16.3. The van der Waals surface area contributed by atoms with Gasteiger partial charge in [0.25, 0.3) is 0 Å². The van der Waals surface area contributed by atoms with E-state index in [4.69, 9.17) is 4.42 Å². The van der Waals surface area contributed by atoms with Crippen LogP contribution in [0.4, 0.5) is 0 Å². The molecular formula is C20H30N4O. The second-order valence-corrected chi connectivity index (χ2v) is 5.80. The van der Waals surface area contributed by atoms with Gasteiger partial charge in [0.2, 0.25) is 0 Å². The molecule has 0 amide bonds. The van der Waals surface area contributed by atoms with Gasteiger partial charge in [0.1, 0.15) is 12.3 Å². The van der Waals surface area contributed by atoms with Gasteiger partial charge in [0.05, 0.1) is 12.3 Å². The topological polar surface area (TPSA) is 52.8 Å². The van der Waals surface area contributed by atoms with Gasteiger partial charge >= 0.3 is 0 Å². The standard InChI is InChI=1S/C20H30N4O/c1-4-21-20(22-15-18-13-10-14-25-18)23-16-19(24(5-2)6-3)17-11-8-7-9-12-17/h7-14,19H,4-6,15-16H2,1-3H3,(H2,21,22,23). The number of nitrogens with one attached hydrogen (secondary N) is 2. The molecule has 0 fully saturated rings. The van der Waals surface area contributed by atoms with Crippen LogP contribution in [0.3, 0.4) is 0 Å². The highest BCUT2D eigenvalue weighted by Gasteiger charge is 2.18. The molecule has 0 spiro atoms. The molecule has 1 unspecified atom stereocenters. The van der Waals surface area contributed by atoms with Crippen LogP contribution in [0.15, 0.2) is 58.1 Å². The number of hydrogen-bond donors (Lipinski definition) is 2. The average molecular weight is 342 g/mol. The summed E-state index contributed by atoms with van der Waals surface area (Å²) in [5.74, 6) is 1.67. The summed E-state index contributed by atoms with van der Waals surface area (Å²) in [7, 11) is 0. The minimum atomic E-state index is 0.309. The molecule has 0 aliphatic rings. The molecule has 136 valence electrons. The van der Waals surface area contributed by atoms with E-state index in [2.05, 4.69) is 71.6 Å². The van der Waals surface area contributed by atoms with Gasteiger partial charge in [-0.3, -0.25) is 4.90 Å². The van der Waals surface area contributed by atoms with Crippen molar-refractivity contribution < 1.29 is 4.42 Å². The maximum absolute atomic E-state index is 5.36. The van der Waals surface area contributed by atoms with Crippen LogP contribution in [-0.4, -0.2) is 37.0 Å². The van der Waals surface area contributed by atoms with Crippen molar-refractivity contribution in [3.8, 4) is 0 Å². The summed E-state index contributed by atoms with van der Waals surface area (Å²) in [5.41, 5.74) is 1.32. The van der Waals surface area contributed by atoms with Crippen LogP contribution in [0.2, 0.25) is 0 Å². The molecule has 0 saturated carbocycles.